The molecule has 1 aliphatic heterocycles. The van der Waals surface area contributed by atoms with Crippen molar-refractivity contribution in [1.82, 2.24) is 0 Å². The number of fused-ring (bicyclic) bond motifs is 1. The molecule has 1 atom stereocenters. The number of hydrogen-bond donors (Lipinski definition) is 0. The van der Waals surface area contributed by atoms with Crippen LogP contribution < -0.4 is 0 Å². The van der Waals surface area contributed by atoms with Crippen LogP contribution in [-0.4, -0.2) is 27.8 Å². The van der Waals surface area contributed by atoms with Gasteiger partial charge in [-0.25, -0.2) is 0 Å². The van der Waals surface area contributed by atoms with Crippen molar-refractivity contribution in [2.75, 3.05) is 6.26 Å². The van der Waals surface area contributed by atoms with Crippen molar-refractivity contribution in [2.45, 2.75) is 22.9 Å². The van der Waals surface area contributed by atoms with E-state index in [9.17, 15) is 8.42 Å². The fourth-order valence-corrected chi connectivity index (χ4v) is 10.9. The van der Waals surface area contributed by atoms with Crippen LogP contribution in [0.5, 0.6) is 0 Å². The van der Waals surface area contributed by atoms with E-state index in [2.05, 4.69) is 12.1 Å². The van der Waals surface area contributed by atoms with Crippen LogP contribution in [0.1, 0.15) is 11.1 Å². The Kier molecular flexibility index (Phi) is 3.14. The van der Waals surface area contributed by atoms with Gasteiger partial charge in [0.15, 0.2) is 0 Å². The summed E-state index contributed by atoms with van der Waals surface area (Å²) in [6.07, 6.45) is 2.10. The molecule has 1 heterocycles. The minimum absolute atomic E-state index is 0.819. The molecule has 0 aromatic heterocycles. The first-order valence-corrected chi connectivity index (χ1v) is 11.7. The summed E-state index contributed by atoms with van der Waals surface area (Å²) in [5.41, 5.74) is 2.61. The Balaban J connectivity index is 2.24. The number of rotatable bonds is 2. The van der Waals surface area contributed by atoms with E-state index in [1.54, 1.807) is 0 Å². The average molecular weight is 307 g/mol. The molecule has 0 saturated carbocycles. The van der Waals surface area contributed by atoms with Gasteiger partial charge < -0.3 is 0 Å². The van der Waals surface area contributed by atoms with Crippen LogP contribution in [0.3, 0.4) is 0 Å². The van der Waals surface area contributed by atoms with Crippen molar-refractivity contribution >= 4 is 23.3 Å². The summed E-state index contributed by atoms with van der Waals surface area (Å²) in [7, 11) is -3.32. The van der Waals surface area contributed by atoms with Gasteiger partial charge in [-0.05, 0) is 0 Å². The van der Waals surface area contributed by atoms with Gasteiger partial charge in [0.05, 0.1) is 0 Å². The van der Waals surface area contributed by atoms with Crippen LogP contribution in [0.4, 0.5) is 0 Å². The van der Waals surface area contributed by atoms with Crippen molar-refractivity contribution in [3.8, 4) is 0 Å². The van der Waals surface area contributed by atoms with Crippen molar-refractivity contribution in [2.24, 2.45) is 0 Å². The van der Waals surface area contributed by atoms with E-state index in [0.29, 0.717) is 0 Å². The quantitative estimate of drug-likeness (QED) is 0.784. The molecule has 5 heteroatoms. The van der Waals surface area contributed by atoms with Gasteiger partial charge in [-0.2, -0.15) is 0 Å². The molecule has 0 saturated heterocycles. The molecule has 0 fully saturated rings. The topological polar surface area (TPSA) is 43.4 Å². The van der Waals surface area contributed by atoms with Crippen LogP contribution in [0.2, 0.25) is 11.1 Å². The fraction of sp³-hybridized carbons (Fsp3) is 0.455. The van der Waals surface area contributed by atoms with Gasteiger partial charge in [0, 0.05) is 0 Å². The van der Waals surface area contributed by atoms with E-state index >= 15 is 0 Å². The first kappa shape index (κ1) is 12.1. The van der Waals surface area contributed by atoms with Gasteiger partial charge in [-0.3, -0.25) is 0 Å². The number of aryl methyl sites for hydroxylation is 1. The Morgan fingerprint density at radius 3 is 2.50 bits per heavy atom. The molecule has 2 rings (SSSR count). The molecule has 0 N–H and O–H groups in total. The monoisotopic (exact) mass is 308 g/mol. The van der Waals surface area contributed by atoms with Gasteiger partial charge >= 0.3 is 99.5 Å². The third kappa shape index (κ3) is 2.86. The molecule has 0 aliphatic carbocycles. The summed E-state index contributed by atoms with van der Waals surface area (Å²) >= 11 is -2.30. The molecule has 16 heavy (non-hydrogen) atoms. The Hall–Kier alpha value is -0.351. The molecule has 1 unspecified atom stereocenters. The van der Waals surface area contributed by atoms with E-state index in [0.717, 1.165) is 23.3 Å². The Morgan fingerprint density at radius 1 is 1.25 bits per heavy atom. The van der Waals surface area contributed by atoms with E-state index in [1.807, 2.05) is 18.0 Å². The van der Waals surface area contributed by atoms with Crippen LogP contribution in [-0.2, 0) is 25.1 Å². The summed E-state index contributed by atoms with van der Waals surface area (Å²) in [6.45, 7) is 0. The molecule has 90 valence electrons. The molecule has 0 amide bonds. The maximum absolute atomic E-state index is 11.2. The van der Waals surface area contributed by atoms with Crippen molar-refractivity contribution < 1.29 is 11.7 Å². The van der Waals surface area contributed by atoms with Crippen LogP contribution in [0.15, 0.2) is 24.3 Å². The molecule has 1 aromatic rings. The second-order valence-corrected chi connectivity index (χ2v) is 13.2. The van der Waals surface area contributed by atoms with E-state index < -0.39 is 23.3 Å². The molecular weight excluding hydrogens is 291 g/mol. The Morgan fingerprint density at radius 2 is 1.88 bits per heavy atom. The van der Waals surface area contributed by atoms with Crippen molar-refractivity contribution in [1.29, 1.82) is 0 Å². The Labute approximate surface area is 99.5 Å². The number of hydrogen-bond acceptors (Lipinski definition) is 3. The molecule has 0 bridgehead atoms. The predicted octanol–water partition coefficient (Wildman–Crippen LogP) is 1.88. The second-order valence-electron chi connectivity index (χ2n) is 4.32. The van der Waals surface area contributed by atoms with Crippen LogP contribution >= 0.6 is 0 Å². The van der Waals surface area contributed by atoms with Crippen LogP contribution in [0.25, 0.3) is 0 Å². The minimum atomic E-state index is -3.32. The van der Waals surface area contributed by atoms with Gasteiger partial charge in [-0.15, -0.1) is 0 Å². The SMILES string of the molecule is CS(=O)(=O)O[Se]1(C)CCc2ccccc2C1. The zero-order valence-electron chi connectivity index (χ0n) is 9.47. The predicted molar refractivity (Wildman–Crippen MR) is 66.2 cm³/mol. The first-order chi connectivity index (χ1) is 7.38. The van der Waals surface area contributed by atoms with Gasteiger partial charge in [0.1, 0.15) is 0 Å². The van der Waals surface area contributed by atoms with E-state index in [-0.39, 0.29) is 0 Å². The summed E-state index contributed by atoms with van der Waals surface area (Å²) in [4.78, 5) is 0. The molecular formula is C11H16O3SSe. The summed E-state index contributed by atoms with van der Waals surface area (Å²) in [5.74, 6) is 2.02. The summed E-state index contributed by atoms with van der Waals surface area (Å²) in [6, 6.07) is 8.23. The van der Waals surface area contributed by atoms with Gasteiger partial charge in [-0.1, -0.05) is 0 Å². The second kappa shape index (κ2) is 4.15. The zero-order chi connectivity index (χ0) is 11.8. The van der Waals surface area contributed by atoms with Crippen molar-refractivity contribution in [3.05, 3.63) is 35.4 Å². The van der Waals surface area contributed by atoms with Gasteiger partial charge in [0.2, 0.25) is 0 Å². The fourth-order valence-electron chi connectivity index (χ4n) is 2.03. The van der Waals surface area contributed by atoms with Crippen LogP contribution in [0, 0.1) is 0 Å². The zero-order valence-corrected chi connectivity index (χ0v) is 12.0. The normalized spacial score (nSPS) is 29.1. The summed E-state index contributed by atoms with van der Waals surface area (Å²) in [5, 5.41) is 1.72. The first-order valence-electron chi connectivity index (χ1n) is 5.09. The van der Waals surface area contributed by atoms with Gasteiger partial charge in [0.25, 0.3) is 0 Å². The summed E-state index contributed by atoms with van der Waals surface area (Å²) < 4.78 is 27.8. The van der Waals surface area contributed by atoms with E-state index in [4.69, 9.17) is 3.27 Å². The Bertz CT molecular complexity index is 498. The maximum atomic E-state index is 11.2. The molecule has 1 aliphatic rings. The molecule has 3 nitrogen and oxygen atoms in total. The van der Waals surface area contributed by atoms with Crippen molar-refractivity contribution in [3.63, 3.8) is 0 Å². The molecule has 0 spiro atoms. The third-order valence-corrected chi connectivity index (χ3v) is 11.0. The molecule has 0 radical (unpaired) electrons. The molecule has 1 aromatic carbocycles. The standard InChI is InChI=1S/C11H16O3SSe/c1-15(12,13)14-16(2)8-7-10-5-3-4-6-11(10)9-16/h3-6H,7-9H2,1-2H3. The van der Waals surface area contributed by atoms with E-state index in [1.165, 1.54) is 11.1 Å². The number of benzene rings is 1. The third-order valence-electron chi connectivity index (χ3n) is 2.67. The average Bonchev–Trinajstić information content (AvgIpc) is 2.14.